The zero-order valence-electron chi connectivity index (χ0n) is 17.6. The lowest BCUT2D eigenvalue weighted by molar-refractivity contribution is -0.139. The highest BCUT2D eigenvalue weighted by Gasteiger charge is 2.43. The van der Waals surface area contributed by atoms with E-state index in [-0.39, 0.29) is 33.9 Å². The second-order valence-corrected chi connectivity index (χ2v) is 6.88. The van der Waals surface area contributed by atoms with Crippen molar-refractivity contribution in [3.05, 3.63) is 82.3 Å². The Morgan fingerprint density at radius 1 is 1.06 bits per heavy atom. The molecule has 10 nitrogen and oxygen atoms in total. The number of carboxylic acid groups (broad SMARTS) is 1. The van der Waals surface area contributed by atoms with Crippen molar-refractivity contribution in [1.82, 2.24) is 0 Å². The van der Waals surface area contributed by atoms with Gasteiger partial charge in [-0.1, -0.05) is 30.3 Å². The predicted octanol–water partition coefficient (Wildman–Crippen LogP) is 1.99. The molecule has 1 heterocycles. The van der Waals surface area contributed by atoms with Gasteiger partial charge in [0, 0.05) is 6.07 Å². The summed E-state index contributed by atoms with van der Waals surface area (Å²) in [5, 5.41) is 29.4. The second-order valence-electron chi connectivity index (χ2n) is 6.88. The number of rotatable bonds is 5. The first-order valence-corrected chi connectivity index (χ1v) is 9.48. The van der Waals surface area contributed by atoms with Gasteiger partial charge in [-0.3, -0.25) is 4.90 Å². The molecule has 2 aromatic carbocycles. The van der Waals surface area contributed by atoms with Crippen LogP contribution in [0, 0.1) is 11.3 Å². The summed E-state index contributed by atoms with van der Waals surface area (Å²) in [4.78, 5) is 38.4. The molecule has 168 valence electrons. The molecule has 0 saturated carbocycles. The van der Waals surface area contributed by atoms with Crippen LogP contribution in [-0.4, -0.2) is 42.3 Å². The number of carbonyl (C=O) groups is 3. The number of benzene rings is 2. The number of phenols is 1. The van der Waals surface area contributed by atoms with E-state index in [4.69, 9.17) is 15.2 Å². The Morgan fingerprint density at radius 2 is 1.70 bits per heavy atom. The molecule has 3 rings (SSSR count). The number of nitrogens with zero attached hydrogens (tertiary/aromatic N) is 2. The number of allylic oxidation sites excluding steroid dienone is 1. The van der Waals surface area contributed by atoms with Crippen LogP contribution in [0.5, 0.6) is 5.75 Å². The van der Waals surface area contributed by atoms with Gasteiger partial charge in [0.1, 0.15) is 17.3 Å². The number of phenolic OH excluding ortho intramolecular Hbond substituents is 1. The van der Waals surface area contributed by atoms with E-state index in [1.54, 1.807) is 30.3 Å². The van der Waals surface area contributed by atoms with Crippen LogP contribution in [0.3, 0.4) is 0 Å². The molecule has 4 N–H and O–H groups in total. The molecule has 1 unspecified atom stereocenters. The molecule has 0 aromatic heterocycles. The first-order valence-electron chi connectivity index (χ1n) is 9.48. The van der Waals surface area contributed by atoms with Crippen molar-refractivity contribution < 1.29 is 34.1 Å². The van der Waals surface area contributed by atoms with Gasteiger partial charge in [0.05, 0.1) is 48.6 Å². The van der Waals surface area contributed by atoms with Crippen molar-refractivity contribution in [2.24, 2.45) is 5.73 Å². The maximum atomic E-state index is 12.9. The minimum absolute atomic E-state index is 0.0778. The molecule has 0 fully saturated rings. The van der Waals surface area contributed by atoms with Crippen molar-refractivity contribution >= 4 is 23.6 Å². The van der Waals surface area contributed by atoms with Gasteiger partial charge in [-0.2, -0.15) is 5.26 Å². The van der Waals surface area contributed by atoms with Crippen LogP contribution in [-0.2, 0) is 19.1 Å². The minimum Gasteiger partial charge on any atom is -0.508 e. The van der Waals surface area contributed by atoms with E-state index in [0.29, 0.717) is 5.56 Å². The summed E-state index contributed by atoms with van der Waals surface area (Å²) in [7, 11) is 2.20. The third-order valence-corrected chi connectivity index (χ3v) is 5.02. The highest BCUT2D eigenvalue weighted by Crippen LogP contribution is 2.43. The number of anilines is 1. The van der Waals surface area contributed by atoms with E-state index in [1.807, 2.05) is 6.07 Å². The minimum atomic E-state index is -1.36. The van der Waals surface area contributed by atoms with E-state index in [0.717, 1.165) is 37.3 Å². The number of hydrogen-bond donors (Lipinski definition) is 3. The SMILES string of the molecule is COC(=O)C1=C(C(=O)OC)N(c2cc(O)cc(C(=O)O)c2)C(N)=C(C#N)C1c1ccccc1. The maximum Gasteiger partial charge on any atom is 0.355 e. The molecule has 1 aliphatic rings. The van der Waals surface area contributed by atoms with Gasteiger partial charge in [0.25, 0.3) is 0 Å². The second kappa shape index (κ2) is 9.15. The lowest BCUT2D eigenvalue weighted by Gasteiger charge is -2.36. The summed E-state index contributed by atoms with van der Waals surface area (Å²) < 4.78 is 9.81. The number of nitriles is 1. The Kier molecular flexibility index (Phi) is 6.35. The molecule has 2 aromatic rings. The summed E-state index contributed by atoms with van der Waals surface area (Å²) in [6.45, 7) is 0. The van der Waals surface area contributed by atoms with Crippen LogP contribution in [0.25, 0.3) is 0 Å². The van der Waals surface area contributed by atoms with Gasteiger partial charge in [0.15, 0.2) is 0 Å². The number of aromatic carboxylic acids is 1. The van der Waals surface area contributed by atoms with Gasteiger partial charge in [-0.25, -0.2) is 14.4 Å². The van der Waals surface area contributed by atoms with E-state index >= 15 is 0 Å². The largest absolute Gasteiger partial charge is 0.508 e. The van der Waals surface area contributed by atoms with Crippen molar-refractivity contribution in [2.75, 3.05) is 19.1 Å². The summed E-state index contributed by atoms with van der Waals surface area (Å²) in [5.41, 5.74) is 5.71. The van der Waals surface area contributed by atoms with E-state index in [2.05, 4.69) is 0 Å². The van der Waals surface area contributed by atoms with Crippen LogP contribution in [0.1, 0.15) is 21.8 Å². The lowest BCUT2D eigenvalue weighted by Crippen LogP contribution is -2.40. The van der Waals surface area contributed by atoms with E-state index in [9.17, 15) is 29.9 Å². The quantitative estimate of drug-likeness (QED) is 0.575. The van der Waals surface area contributed by atoms with Crippen molar-refractivity contribution in [2.45, 2.75) is 5.92 Å². The monoisotopic (exact) mass is 449 g/mol. The molecule has 0 radical (unpaired) electrons. The molecule has 0 bridgehead atoms. The molecular formula is C23H19N3O7. The summed E-state index contributed by atoms with van der Waals surface area (Å²) in [5.74, 6) is -5.02. The number of carbonyl (C=O) groups excluding carboxylic acids is 2. The fourth-order valence-corrected chi connectivity index (χ4v) is 3.63. The molecule has 0 aliphatic carbocycles. The van der Waals surface area contributed by atoms with Crippen LogP contribution >= 0.6 is 0 Å². The van der Waals surface area contributed by atoms with Crippen LogP contribution < -0.4 is 10.6 Å². The molecule has 33 heavy (non-hydrogen) atoms. The average Bonchev–Trinajstić information content (AvgIpc) is 2.82. The highest BCUT2D eigenvalue weighted by atomic mass is 16.5. The first kappa shape index (κ1) is 22.9. The third kappa shape index (κ3) is 4.07. The Hall–Kier alpha value is -4.78. The Labute approximate surface area is 188 Å². The Balaban J connectivity index is 2.44. The summed E-state index contributed by atoms with van der Waals surface area (Å²) >= 11 is 0. The first-order chi connectivity index (χ1) is 15.7. The number of carboxylic acids is 1. The normalized spacial score (nSPS) is 15.7. The number of nitrogens with two attached hydrogens (primary N) is 1. The number of hydrogen-bond acceptors (Lipinski definition) is 9. The molecule has 0 saturated heterocycles. The van der Waals surface area contributed by atoms with Crippen LogP contribution in [0.2, 0.25) is 0 Å². The topological polar surface area (TPSA) is 163 Å². The Morgan fingerprint density at radius 3 is 2.24 bits per heavy atom. The van der Waals surface area contributed by atoms with Gasteiger partial charge < -0.3 is 25.4 Å². The molecule has 0 amide bonds. The predicted molar refractivity (Wildman–Crippen MR) is 115 cm³/mol. The fraction of sp³-hybridized carbons (Fsp3) is 0.130. The molecular weight excluding hydrogens is 430 g/mol. The van der Waals surface area contributed by atoms with Crippen LogP contribution in [0.15, 0.2) is 71.2 Å². The van der Waals surface area contributed by atoms with Gasteiger partial charge in [-0.15, -0.1) is 0 Å². The van der Waals surface area contributed by atoms with E-state index in [1.165, 1.54) is 0 Å². The molecule has 1 atom stereocenters. The average molecular weight is 449 g/mol. The number of aromatic hydroxyl groups is 1. The third-order valence-electron chi connectivity index (χ3n) is 5.02. The van der Waals surface area contributed by atoms with E-state index < -0.39 is 29.6 Å². The summed E-state index contributed by atoms with van der Waals surface area (Å²) in [6.07, 6.45) is 0. The van der Waals surface area contributed by atoms with Crippen molar-refractivity contribution in [3.8, 4) is 11.8 Å². The highest BCUT2D eigenvalue weighted by molar-refractivity contribution is 6.06. The van der Waals surface area contributed by atoms with Gasteiger partial charge in [-0.05, 0) is 17.7 Å². The van der Waals surface area contributed by atoms with Crippen molar-refractivity contribution in [3.63, 3.8) is 0 Å². The number of esters is 2. The molecule has 1 aliphatic heterocycles. The van der Waals surface area contributed by atoms with Gasteiger partial charge >= 0.3 is 17.9 Å². The zero-order chi connectivity index (χ0) is 24.3. The number of methoxy groups -OCH3 is 2. The zero-order valence-corrected chi connectivity index (χ0v) is 17.6. The number of ether oxygens (including phenoxy) is 2. The molecule has 0 spiro atoms. The van der Waals surface area contributed by atoms with Crippen LogP contribution in [0.4, 0.5) is 5.69 Å². The van der Waals surface area contributed by atoms with Crippen molar-refractivity contribution in [1.29, 1.82) is 5.26 Å². The van der Waals surface area contributed by atoms with Gasteiger partial charge in [0.2, 0.25) is 0 Å². The standard InChI is InChI=1S/C23H19N3O7/c1-32-22(30)18-17(12-6-4-3-5-7-12)16(11-24)20(25)26(19(18)23(31)33-2)14-8-13(21(28)29)9-15(27)10-14/h3-10,17,27H,25H2,1-2H3,(H,28,29). The summed E-state index contributed by atoms with van der Waals surface area (Å²) in [6, 6.07) is 13.7. The fourth-order valence-electron chi connectivity index (χ4n) is 3.63. The lowest BCUT2D eigenvalue weighted by atomic mass is 9.81. The smallest absolute Gasteiger partial charge is 0.355 e. The Bertz CT molecular complexity index is 1240. The maximum absolute atomic E-state index is 12.9. The molecule has 10 heteroatoms.